The third-order valence-electron chi connectivity index (χ3n) is 6.71. The van der Waals surface area contributed by atoms with Gasteiger partial charge in [-0.05, 0) is 53.3 Å². The van der Waals surface area contributed by atoms with Gasteiger partial charge in [-0.15, -0.1) is 0 Å². The summed E-state index contributed by atoms with van der Waals surface area (Å²) in [4.78, 5) is 36.1. The Morgan fingerprint density at radius 1 is 1.00 bits per heavy atom. The second kappa shape index (κ2) is 11.5. The Balaban J connectivity index is 1.30. The van der Waals surface area contributed by atoms with E-state index in [1.54, 1.807) is 22.7 Å². The molecule has 1 atom stereocenters. The molecule has 0 unspecified atom stereocenters. The van der Waals surface area contributed by atoms with Crippen LogP contribution < -0.4 is 16.4 Å². The normalized spacial score (nSPS) is 12.0. The minimum atomic E-state index is -0.497. The van der Waals surface area contributed by atoms with Gasteiger partial charge in [-0.25, -0.2) is 9.97 Å². The Kier molecular flexibility index (Phi) is 7.47. The van der Waals surface area contributed by atoms with Crippen LogP contribution in [0, 0.1) is 0 Å². The van der Waals surface area contributed by atoms with Gasteiger partial charge >= 0.3 is 0 Å². The van der Waals surface area contributed by atoms with Crippen LogP contribution in [0.1, 0.15) is 32.0 Å². The number of pyridine rings is 1. The quantitative estimate of drug-likeness (QED) is 0.198. The third-order valence-corrected chi connectivity index (χ3v) is 8.24. The van der Waals surface area contributed by atoms with Gasteiger partial charge in [-0.2, -0.15) is 11.3 Å². The molecule has 0 spiro atoms. The van der Waals surface area contributed by atoms with Crippen molar-refractivity contribution in [3.05, 3.63) is 106 Å². The second-order valence-corrected chi connectivity index (χ2v) is 11.4. The van der Waals surface area contributed by atoms with Crippen LogP contribution in [0.15, 0.2) is 83.7 Å². The molecule has 206 valence electrons. The number of carbonyl (C=O) groups excluding carboxylic acids is 2. The van der Waals surface area contributed by atoms with Crippen molar-refractivity contribution in [3.63, 3.8) is 0 Å². The number of nitrogens with zero attached hydrogens (tertiary/aromatic N) is 3. The van der Waals surface area contributed by atoms with Crippen molar-refractivity contribution < 1.29 is 14.7 Å². The zero-order valence-corrected chi connectivity index (χ0v) is 23.4. The summed E-state index contributed by atoms with van der Waals surface area (Å²) in [5.41, 5.74) is 10.8. The van der Waals surface area contributed by atoms with Crippen LogP contribution in [0.4, 0.5) is 5.13 Å². The van der Waals surface area contributed by atoms with Gasteiger partial charge in [0.05, 0.1) is 28.4 Å². The molecular weight excluding hydrogens is 557 g/mol. The highest BCUT2D eigenvalue weighted by Crippen LogP contribution is 2.28. The number of nitrogens with one attached hydrogen (secondary N) is 2. The molecule has 11 heteroatoms. The van der Waals surface area contributed by atoms with Gasteiger partial charge in [-0.3, -0.25) is 14.0 Å². The summed E-state index contributed by atoms with van der Waals surface area (Å²) in [7, 11) is 0. The predicted octanol–water partition coefficient (Wildman–Crippen LogP) is 4.52. The van der Waals surface area contributed by atoms with E-state index in [4.69, 9.17) is 10.7 Å². The Morgan fingerprint density at radius 3 is 2.63 bits per heavy atom. The number of nitrogens with two attached hydrogens (primary N) is 1. The number of imidazole rings is 1. The molecule has 4 heterocycles. The SMILES string of the molecule is Nc1nc2ccc(CNC(=O)c3cccn4c(C(=O)N[C@@H](CO)Cc5ccccc5)c(-c5ccsc5)nc34)cc2s1. The fraction of sp³-hybridized carbons (Fsp3) is 0.133. The summed E-state index contributed by atoms with van der Waals surface area (Å²) >= 11 is 2.89. The van der Waals surface area contributed by atoms with Crippen LogP contribution in [-0.4, -0.2) is 43.9 Å². The van der Waals surface area contributed by atoms with E-state index < -0.39 is 6.04 Å². The molecule has 41 heavy (non-hydrogen) atoms. The van der Waals surface area contributed by atoms with Crippen LogP contribution in [0.2, 0.25) is 0 Å². The molecule has 0 radical (unpaired) electrons. The summed E-state index contributed by atoms with van der Waals surface area (Å²) in [5, 5.41) is 20.3. The molecule has 0 bridgehead atoms. The number of benzene rings is 2. The number of amides is 2. The summed E-state index contributed by atoms with van der Waals surface area (Å²) in [6.07, 6.45) is 2.19. The van der Waals surface area contributed by atoms with Gasteiger partial charge < -0.3 is 21.5 Å². The number of aliphatic hydroxyl groups is 1. The average Bonchev–Trinajstić information content (AvgIpc) is 3.73. The van der Waals surface area contributed by atoms with E-state index >= 15 is 0 Å². The van der Waals surface area contributed by atoms with Gasteiger partial charge in [-0.1, -0.05) is 47.7 Å². The zero-order chi connectivity index (χ0) is 28.3. The van der Waals surface area contributed by atoms with Gasteiger partial charge in [0, 0.05) is 23.7 Å². The number of hydrogen-bond acceptors (Lipinski definition) is 8. The van der Waals surface area contributed by atoms with E-state index in [-0.39, 0.29) is 18.4 Å². The van der Waals surface area contributed by atoms with E-state index in [1.165, 1.54) is 22.7 Å². The van der Waals surface area contributed by atoms with Gasteiger partial charge in [0.1, 0.15) is 11.4 Å². The lowest BCUT2D eigenvalue weighted by molar-refractivity contribution is 0.0909. The molecule has 0 saturated carbocycles. The first-order valence-electron chi connectivity index (χ1n) is 12.9. The molecule has 2 amide bonds. The highest BCUT2D eigenvalue weighted by molar-refractivity contribution is 7.22. The molecule has 6 aromatic rings. The molecule has 6 rings (SSSR count). The molecular formula is C30H26N6O3S2. The molecule has 5 N–H and O–H groups in total. The largest absolute Gasteiger partial charge is 0.394 e. The van der Waals surface area contributed by atoms with Crippen molar-refractivity contribution in [2.24, 2.45) is 0 Å². The molecule has 4 aromatic heterocycles. The number of carbonyl (C=O) groups is 2. The van der Waals surface area contributed by atoms with Crippen LogP contribution in [0.3, 0.4) is 0 Å². The van der Waals surface area contributed by atoms with E-state index in [2.05, 4.69) is 15.6 Å². The molecule has 9 nitrogen and oxygen atoms in total. The summed E-state index contributed by atoms with van der Waals surface area (Å²) in [6.45, 7) is 0.0788. The monoisotopic (exact) mass is 582 g/mol. The first-order valence-corrected chi connectivity index (χ1v) is 14.7. The number of hydrogen-bond donors (Lipinski definition) is 4. The summed E-state index contributed by atoms with van der Waals surface area (Å²) < 4.78 is 2.59. The van der Waals surface area contributed by atoms with E-state index in [1.807, 2.05) is 65.4 Å². The molecule has 0 aliphatic heterocycles. The molecule has 0 aliphatic rings. The predicted molar refractivity (Wildman–Crippen MR) is 162 cm³/mol. The highest BCUT2D eigenvalue weighted by atomic mass is 32.1. The number of anilines is 1. The molecule has 0 saturated heterocycles. The van der Waals surface area contributed by atoms with Gasteiger partial charge in [0.15, 0.2) is 10.8 Å². The summed E-state index contributed by atoms with van der Waals surface area (Å²) in [5.74, 6) is -0.700. The minimum Gasteiger partial charge on any atom is -0.394 e. The van der Waals surface area contributed by atoms with Crippen LogP contribution >= 0.6 is 22.7 Å². The van der Waals surface area contributed by atoms with Crippen LogP contribution in [0.25, 0.3) is 27.1 Å². The average molecular weight is 583 g/mol. The standard InChI is InChI=1S/C30H26N6O3S2/c31-30-34-23-9-8-19(14-24(23)41-30)15-32-28(38)22-7-4-11-36-26(25(35-27(22)36)20-10-12-40-17-20)29(39)33-21(16-37)13-18-5-2-1-3-6-18/h1-12,14,17,21,37H,13,15-16H2,(H2,31,34)(H,32,38)(H,33,39)/t21-/m1/s1. The van der Waals surface area contributed by atoms with Gasteiger partial charge in [0.25, 0.3) is 11.8 Å². The Labute approximate surface area is 243 Å². The van der Waals surface area contributed by atoms with Crippen molar-refractivity contribution >= 4 is 55.5 Å². The number of aliphatic hydroxyl groups excluding tert-OH is 1. The van der Waals surface area contributed by atoms with E-state index in [0.717, 1.165) is 26.9 Å². The second-order valence-electron chi connectivity index (χ2n) is 9.52. The minimum absolute atomic E-state index is 0.223. The smallest absolute Gasteiger partial charge is 0.270 e. The number of rotatable bonds is 9. The van der Waals surface area contributed by atoms with Crippen molar-refractivity contribution in [2.45, 2.75) is 19.0 Å². The maximum Gasteiger partial charge on any atom is 0.270 e. The Morgan fingerprint density at radius 2 is 1.85 bits per heavy atom. The lowest BCUT2D eigenvalue weighted by Crippen LogP contribution is -2.39. The van der Waals surface area contributed by atoms with Crippen LogP contribution in [-0.2, 0) is 13.0 Å². The maximum absolute atomic E-state index is 13.7. The summed E-state index contributed by atoms with van der Waals surface area (Å²) in [6, 6.07) is 20.2. The molecule has 0 aliphatic carbocycles. The van der Waals surface area contributed by atoms with Crippen molar-refractivity contribution in [3.8, 4) is 11.3 Å². The van der Waals surface area contributed by atoms with Crippen molar-refractivity contribution in [2.75, 3.05) is 12.3 Å². The Hall–Kier alpha value is -4.58. The lowest BCUT2D eigenvalue weighted by atomic mass is 10.1. The molecule has 2 aromatic carbocycles. The van der Waals surface area contributed by atoms with E-state index in [0.29, 0.717) is 40.7 Å². The van der Waals surface area contributed by atoms with Crippen LogP contribution in [0.5, 0.6) is 0 Å². The van der Waals surface area contributed by atoms with Crippen molar-refractivity contribution in [1.29, 1.82) is 0 Å². The maximum atomic E-state index is 13.7. The first-order chi connectivity index (χ1) is 20.0. The fourth-order valence-electron chi connectivity index (χ4n) is 4.75. The number of nitrogen functional groups attached to an aromatic ring is 1. The van der Waals surface area contributed by atoms with Gasteiger partial charge in [0.2, 0.25) is 0 Å². The van der Waals surface area contributed by atoms with Crippen molar-refractivity contribution in [1.82, 2.24) is 25.0 Å². The number of thiophene rings is 1. The number of aromatic nitrogens is 3. The topological polar surface area (TPSA) is 135 Å². The highest BCUT2D eigenvalue weighted by Gasteiger charge is 2.25. The van der Waals surface area contributed by atoms with E-state index in [9.17, 15) is 14.7 Å². The number of thiazole rings is 1. The third kappa shape index (κ3) is 5.55. The zero-order valence-electron chi connectivity index (χ0n) is 21.8. The lowest BCUT2D eigenvalue weighted by Gasteiger charge is -2.17. The fourth-order valence-corrected chi connectivity index (χ4v) is 6.19. The molecule has 0 fully saturated rings. The number of fused-ring (bicyclic) bond motifs is 2. The first kappa shape index (κ1) is 26.6. The Bertz CT molecular complexity index is 1850.